The van der Waals surface area contributed by atoms with Crippen LogP contribution in [0.1, 0.15) is 0 Å². The minimum absolute atomic E-state index is 0.294. The lowest BCUT2D eigenvalue weighted by molar-refractivity contribution is -0.116. The first-order chi connectivity index (χ1) is 13.5. The summed E-state index contributed by atoms with van der Waals surface area (Å²) in [6.45, 7) is -0.294. The molecular formula is C20H19N3O5. The Labute approximate surface area is 160 Å². The molecule has 0 fully saturated rings. The minimum atomic E-state index is -0.811. The fraction of sp³-hybridized carbons (Fsp3) is 0.150. The van der Waals surface area contributed by atoms with Crippen LogP contribution in [0.4, 0.5) is 5.69 Å². The Morgan fingerprint density at radius 1 is 0.964 bits per heavy atom. The van der Waals surface area contributed by atoms with Gasteiger partial charge in [-0.15, -0.1) is 0 Å². The van der Waals surface area contributed by atoms with Gasteiger partial charge in [-0.3, -0.25) is 23.5 Å². The summed E-state index contributed by atoms with van der Waals surface area (Å²) in [5, 5.41) is 2.67. The third-order valence-corrected chi connectivity index (χ3v) is 4.07. The van der Waals surface area contributed by atoms with Crippen molar-refractivity contribution in [2.45, 2.75) is 6.54 Å². The van der Waals surface area contributed by atoms with Crippen LogP contribution < -0.4 is 25.9 Å². The van der Waals surface area contributed by atoms with Crippen LogP contribution in [-0.4, -0.2) is 29.3 Å². The van der Waals surface area contributed by atoms with Crippen LogP contribution in [0.2, 0.25) is 0 Å². The van der Waals surface area contributed by atoms with Crippen molar-refractivity contribution in [3.05, 3.63) is 81.6 Å². The number of benzene rings is 2. The molecule has 1 aromatic heterocycles. The Morgan fingerprint density at radius 2 is 1.75 bits per heavy atom. The molecule has 0 atom stereocenters. The maximum atomic E-state index is 12.5. The minimum Gasteiger partial charge on any atom is -0.497 e. The van der Waals surface area contributed by atoms with Crippen LogP contribution in [0.25, 0.3) is 5.69 Å². The topological polar surface area (TPSA) is 91.6 Å². The molecule has 0 aliphatic rings. The van der Waals surface area contributed by atoms with Gasteiger partial charge in [0.05, 0.1) is 19.9 Å². The second-order valence-corrected chi connectivity index (χ2v) is 5.86. The molecule has 0 unspecified atom stereocenters. The van der Waals surface area contributed by atoms with Crippen LogP contribution in [0.3, 0.4) is 0 Å². The molecule has 1 amide bonds. The van der Waals surface area contributed by atoms with Gasteiger partial charge in [-0.1, -0.05) is 18.2 Å². The number of hydrogen-bond donors (Lipinski definition) is 1. The molecule has 0 saturated heterocycles. The number of hydrogen-bond acceptors (Lipinski definition) is 5. The van der Waals surface area contributed by atoms with E-state index in [0.717, 1.165) is 4.57 Å². The van der Waals surface area contributed by atoms with Gasteiger partial charge in [0, 0.05) is 24.1 Å². The van der Waals surface area contributed by atoms with Gasteiger partial charge in [0.2, 0.25) is 5.91 Å². The lowest BCUT2D eigenvalue weighted by Crippen LogP contribution is -2.41. The molecule has 3 rings (SSSR count). The molecule has 1 heterocycles. The molecule has 0 aliphatic carbocycles. The number of carbonyl (C=O) groups is 1. The van der Waals surface area contributed by atoms with Gasteiger partial charge in [-0.25, -0.2) is 0 Å². The molecule has 0 radical (unpaired) electrons. The first-order valence-electron chi connectivity index (χ1n) is 8.43. The number of anilines is 1. The van der Waals surface area contributed by atoms with E-state index in [1.54, 1.807) is 48.5 Å². The molecular weight excluding hydrogens is 362 g/mol. The van der Waals surface area contributed by atoms with Crippen molar-refractivity contribution in [3.63, 3.8) is 0 Å². The number of carbonyl (C=O) groups excluding carboxylic acids is 1. The zero-order valence-electron chi connectivity index (χ0n) is 15.4. The number of aromatic nitrogens is 2. The van der Waals surface area contributed by atoms with Crippen LogP contribution >= 0.6 is 0 Å². The van der Waals surface area contributed by atoms with E-state index in [2.05, 4.69) is 5.32 Å². The van der Waals surface area contributed by atoms with Crippen molar-refractivity contribution in [2.75, 3.05) is 19.5 Å². The van der Waals surface area contributed by atoms with E-state index >= 15 is 0 Å². The lowest BCUT2D eigenvalue weighted by atomic mass is 10.3. The van der Waals surface area contributed by atoms with Gasteiger partial charge < -0.3 is 14.8 Å². The summed E-state index contributed by atoms with van der Waals surface area (Å²) in [5.74, 6) is 0.608. The smallest absolute Gasteiger partial charge is 0.321 e. The van der Waals surface area contributed by atoms with E-state index in [4.69, 9.17) is 9.47 Å². The highest BCUT2D eigenvalue weighted by Gasteiger charge is 2.12. The maximum absolute atomic E-state index is 12.5. The quantitative estimate of drug-likeness (QED) is 0.656. The highest BCUT2D eigenvalue weighted by atomic mass is 16.5. The summed E-state index contributed by atoms with van der Waals surface area (Å²) in [5.41, 5.74) is -0.616. The Morgan fingerprint density at radius 3 is 2.50 bits per heavy atom. The second-order valence-electron chi connectivity index (χ2n) is 5.86. The zero-order chi connectivity index (χ0) is 20.1. The molecule has 1 N–H and O–H groups in total. The summed E-state index contributed by atoms with van der Waals surface area (Å²) in [6.07, 6.45) is 2.82. The predicted molar refractivity (Wildman–Crippen MR) is 104 cm³/mol. The van der Waals surface area contributed by atoms with E-state index in [1.807, 2.05) is 0 Å². The molecule has 8 heteroatoms. The third-order valence-electron chi connectivity index (χ3n) is 4.07. The van der Waals surface area contributed by atoms with Crippen LogP contribution in [0.15, 0.2) is 70.5 Å². The number of rotatable bonds is 6. The molecule has 3 aromatic rings. The SMILES string of the molecule is COc1cccc(NC(=O)Cn2ccn(-c3ccccc3OC)c(=O)c2=O)c1. The molecule has 0 spiro atoms. The number of amides is 1. The molecule has 144 valence electrons. The molecule has 0 bridgehead atoms. The molecule has 28 heavy (non-hydrogen) atoms. The Kier molecular flexibility index (Phi) is 5.59. The van der Waals surface area contributed by atoms with Crippen molar-refractivity contribution in [1.29, 1.82) is 0 Å². The van der Waals surface area contributed by atoms with Crippen LogP contribution in [0.5, 0.6) is 11.5 Å². The summed E-state index contributed by atoms with van der Waals surface area (Å²) in [7, 11) is 3.01. The normalized spacial score (nSPS) is 10.4. The zero-order valence-corrected chi connectivity index (χ0v) is 15.4. The van der Waals surface area contributed by atoms with Crippen molar-refractivity contribution < 1.29 is 14.3 Å². The van der Waals surface area contributed by atoms with Gasteiger partial charge in [0.25, 0.3) is 0 Å². The summed E-state index contributed by atoms with van der Waals surface area (Å²) >= 11 is 0. The number of methoxy groups -OCH3 is 2. The van der Waals surface area contributed by atoms with E-state index < -0.39 is 17.0 Å². The summed E-state index contributed by atoms with van der Waals surface area (Å²) in [6, 6.07) is 13.7. The fourth-order valence-electron chi connectivity index (χ4n) is 2.71. The average molecular weight is 381 g/mol. The molecule has 8 nitrogen and oxygen atoms in total. The first-order valence-corrected chi connectivity index (χ1v) is 8.43. The predicted octanol–water partition coefficient (Wildman–Crippen LogP) is 1.66. The highest BCUT2D eigenvalue weighted by molar-refractivity contribution is 5.90. The molecule has 0 saturated carbocycles. The van der Waals surface area contributed by atoms with Crippen molar-refractivity contribution in [2.24, 2.45) is 0 Å². The Balaban J connectivity index is 1.84. The Hall–Kier alpha value is -3.81. The Bertz CT molecular complexity index is 1120. The maximum Gasteiger partial charge on any atom is 0.321 e. The lowest BCUT2D eigenvalue weighted by Gasteiger charge is -2.12. The standard InChI is InChI=1S/C20H19N3O5/c1-27-15-7-5-6-14(12-15)21-18(24)13-22-10-11-23(20(26)19(22)25)16-8-3-4-9-17(16)28-2/h3-12H,13H2,1-2H3,(H,21,24). The molecule has 2 aromatic carbocycles. The highest BCUT2D eigenvalue weighted by Crippen LogP contribution is 2.20. The van der Waals surface area contributed by atoms with Gasteiger partial charge in [-0.05, 0) is 24.3 Å². The van der Waals surface area contributed by atoms with Gasteiger partial charge in [0.15, 0.2) is 0 Å². The van der Waals surface area contributed by atoms with E-state index in [-0.39, 0.29) is 6.54 Å². The van der Waals surface area contributed by atoms with Crippen LogP contribution in [-0.2, 0) is 11.3 Å². The third kappa shape index (κ3) is 3.96. The van der Waals surface area contributed by atoms with Crippen molar-refractivity contribution in [3.8, 4) is 17.2 Å². The van der Waals surface area contributed by atoms with Gasteiger partial charge in [0.1, 0.15) is 18.0 Å². The number of para-hydroxylation sites is 2. The summed E-state index contributed by atoms with van der Waals surface area (Å²) in [4.78, 5) is 37.2. The molecule has 0 aliphatic heterocycles. The number of nitrogens with zero attached hydrogens (tertiary/aromatic N) is 2. The van der Waals surface area contributed by atoms with E-state index in [1.165, 1.54) is 31.2 Å². The second kappa shape index (κ2) is 8.26. The van der Waals surface area contributed by atoms with Gasteiger partial charge in [-0.2, -0.15) is 0 Å². The average Bonchev–Trinajstić information content (AvgIpc) is 2.71. The van der Waals surface area contributed by atoms with E-state index in [9.17, 15) is 14.4 Å². The number of ether oxygens (including phenoxy) is 2. The monoisotopic (exact) mass is 381 g/mol. The van der Waals surface area contributed by atoms with E-state index in [0.29, 0.717) is 22.9 Å². The summed E-state index contributed by atoms with van der Waals surface area (Å²) < 4.78 is 12.6. The van der Waals surface area contributed by atoms with Gasteiger partial charge >= 0.3 is 11.1 Å². The number of nitrogens with one attached hydrogen (secondary N) is 1. The van der Waals surface area contributed by atoms with Crippen molar-refractivity contribution in [1.82, 2.24) is 9.13 Å². The first kappa shape index (κ1) is 19.0. The largest absolute Gasteiger partial charge is 0.497 e. The van der Waals surface area contributed by atoms with Crippen LogP contribution in [0, 0.1) is 0 Å². The van der Waals surface area contributed by atoms with Crippen molar-refractivity contribution >= 4 is 11.6 Å². The fourth-order valence-corrected chi connectivity index (χ4v) is 2.71.